The van der Waals surface area contributed by atoms with Crippen LogP contribution >= 0.6 is 0 Å². The van der Waals surface area contributed by atoms with Crippen molar-refractivity contribution < 1.29 is 19.3 Å². The summed E-state index contributed by atoms with van der Waals surface area (Å²) in [5.41, 5.74) is 2.24. The lowest BCUT2D eigenvalue weighted by Gasteiger charge is -2.22. The van der Waals surface area contributed by atoms with Crippen molar-refractivity contribution in [2.45, 2.75) is 19.4 Å². The number of benzene rings is 2. The summed E-state index contributed by atoms with van der Waals surface area (Å²) in [6.45, 7) is 3.28. The Morgan fingerprint density at radius 2 is 1.85 bits per heavy atom. The van der Waals surface area contributed by atoms with Crippen molar-refractivity contribution in [2.24, 2.45) is 0 Å². The molecule has 1 aliphatic rings. The molecule has 0 bridgehead atoms. The Morgan fingerprint density at radius 3 is 2.44 bits per heavy atom. The first-order valence-corrected chi connectivity index (χ1v) is 8.01. The monoisotopic (exact) mass is 368 g/mol. The molecule has 1 saturated heterocycles. The van der Waals surface area contributed by atoms with E-state index in [1.54, 1.807) is 18.2 Å². The quantitative estimate of drug-likeness (QED) is 0.486. The molecule has 1 fully saturated rings. The molecule has 9 nitrogen and oxygen atoms in total. The van der Waals surface area contributed by atoms with Gasteiger partial charge in [-0.25, -0.2) is 4.79 Å². The minimum Gasteiger partial charge on any atom is -0.318 e. The number of carbonyl (C=O) groups excluding carboxylic acids is 3. The Kier molecular flexibility index (Phi) is 4.36. The predicted molar refractivity (Wildman–Crippen MR) is 94.5 cm³/mol. The van der Waals surface area contributed by atoms with Crippen molar-refractivity contribution >= 4 is 23.5 Å². The first-order chi connectivity index (χ1) is 12.7. The molecule has 0 aromatic heterocycles. The first-order valence-electron chi connectivity index (χ1n) is 8.01. The summed E-state index contributed by atoms with van der Waals surface area (Å²) in [6, 6.07) is 11.2. The second-order valence-corrected chi connectivity index (χ2v) is 6.31. The maximum atomic E-state index is 12.8. The van der Waals surface area contributed by atoms with E-state index in [-0.39, 0.29) is 5.69 Å². The van der Waals surface area contributed by atoms with Crippen molar-refractivity contribution in [1.82, 2.24) is 15.8 Å². The van der Waals surface area contributed by atoms with E-state index in [0.717, 1.165) is 5.56 Å². The fourth-order valence-electron chi connectivity index (χ4n) is 2.81. The minimum atomic E-state index is -1.45. The molecule has 0 radical (unpaired) electrons. The number of aryl methyl sites for hydroxylation is 1. The molecule has 2 N–H and O–H groups in total. The number of amides is 4. The van der Waals surface area contributed by atoms with Crippen LogP contribution in [0.15, 0.2) is 48.5 Å². The molecule has 27 heavy (non-hydrogen) atoms. The fourth-order valence-corrected chi connectivity index (χ4v) is 2.81. The molecule has 0 unspecified atom stereocenters. The third-order valence-electron chi connectivity index (χ3n) is 4.34. The Bertz CT molecular complexity index is 956. The third-order valence-corrected chi connectivity index (χ3v) is 4.34. The number of imide groups is 1. The number of nitro benzene ring substituents is 1. The molecule has 0 saturated carbocycles. The van der Waals surface area contributed by atoms with Crippen LogP contribution in [0, 0.1) is 17.0 Å². The van der Waals surface area contributed by atoms with E-state index >= 15 is 0 Å². The number of hydrogen-bond acceptors (Lipinski definition) is 5. The van der Waals surface area contributed by atoms with Gasteiger partial charge >= 0.3 is 6.03 Å². The smallest absolute Gasteiger partial charge is 0.318 e. The average Bonchev–Trinajstić information content (AvgIpc) is 2.86. The molecular weight excluding hydrogens is 352 g/mol. The summed E-state index contributed by atoms with van der Waals surface area (Å²) >= 11 is 0. The Balaban J connectivity index is 1.83. The Morgan fingerprint density at radius 1 is 1.19 bits per heavy atom. The van der Waals surface area contributed by atoms with Crippen LogP contribution in [0.2, 0.25) is 0 Å². The number of nitrogens with zero attached hydrogens (tertiary/aromatic N) is 2. The van der Waals surface area contributed by atoms with Crippen LogP contribution in [0.3, 0.4) is 0 Å². The lowest BCUT2D eigenvalue weighted by atomic mass is 9.92. The molecule has 1 atom stereocenters. The Hall–Kier alpha value is -3.75. The van der Waals surface area contributed by atoms with Crippen LogP contribution in [0.25, 0.3) is 0 Å². The SMILES string of the molecule is Cc1cccc(C(=O)NN2C(=O)N[C@](C)(c3ccc([N+](=O)[O-])cc3)C2=O)c1. The topological polar surface area (TPSA) is 122 Å². The van der Waals surface area contributed by atoms with Gasteiger partial charge in [-0.2, -0.15) is 5.01 Å². The van der Waals surface area contributed by atoms with Gasteiger partial charge < -0.3 is 5.32 Å². The van der Waals surface area contributed by atoms with Crippen molar-refractivity contribution in [2.75, 3.05) is 0 Å². The summed E-state index contributed by atoms with van der Waals surface area (Å²) in [4.78, 5) is 47.6. The zero-order valence-electron chi connectivity index (χ0n) is 14.6. The zero-order chi connectivity index (χ0) is 19.8. The van der Waals surface area contributed by atoms with Gasteiger partial charge in [0, 0.05) is 17.7 Å². The van der Waals surface area contributed by atoms with Gasteiger partial charge in [-0.1, -0.05) is 17.7 Å². The molecular formula is C18H16N4O5. The first kappa shape index (κ1) is 18.1. The molecule has 3 rings (SSSR count). The average molecular weight is 368 g/mol. The predicted octanol–water partition coefficient (Wildman–Crippen LogP) is 2.02. The van der Waals surface area contributed by atoms with Crippen molar-refractivity contribution in [3.63, 3.8) is 0 Å². The van der Waals surface area contributed by atoms with Gasteiger partial charge in [0.15, 0.2) is 0 Å². The second kappa shape index (κ2) is 6.52. The summed E-state index contributed by atoms with van der Waals surface area (Å²) < 4.78 is 0. The van der Waals surface area contributed by atoms with E-state index in [1.165, 1.54) is 31.2 Å². The van der Waals surface area contributed by atoms with Crippen LogP contribution < -0.4 is 10.7 Å². The summed E-state index contributed by atoms with van der Waals surface area (Å²) in [5, 5.41) is 13.9. The minimum absolute atomic E-state index is 0.135. The fraction of sp³-hybridized carbons (Fsp3) is 0.167. The van der Waals surface area contributed by atoms with Gasteiger partial charge in [-0.05, 0) is 43.7 Å². The number of urea groups is 1. The van der Waals surface area contributed by atoms with Gasteiger partial charge in [-0.15, -0.1) is 0 Å². The van der Waals surface area contributed by atoms with Crippen LogP contribution in [0.1, 0.15) is 28.4 Å². The van der Waals surface area contributed by atoms with Crippen LogP contribution in [0.5, 0.6) is 0 Å². The largest absolute Gasteiger partial charge is 0.344 e. The molecule has 1 aliphatic heterocycles. The molecule has 138 valence electrons. The summed E-state index contributed by atoms with van der Waals surface area (Å²) in [5.74, 6) is -1.29. The van der Waals surface area contributed by atoms with Gasteiger partial charge in [0.2, 0.25) is 0 Å². The number of hydrogen-bond donors (Lipinski definition) is 2. The number of rotatable bonds is 4. The van der Waals surface area contributed by atoms with E-state index in [0.29, 0.717) is 16.1 Å². The van der Waals surface area contributed by atoms with Crippen molar-refractivity contribution in [3.05, 3.63) is 75.3 Å². The maximum Gasteiger partial charge on any atom is 0.344 e. The molecule has 4 amide bonds. The van der Waals surface area contributed by atoms with Gasteiger partial charge in [0.05, 0.1) is 4.92 Å². The highest BCUT2D eigenvalue weighted by Gasteiger charge is 2.50. The summed E-state index contributed by atoms with van der Waals surface area (Å²) in [6.07, 6.45) is 0. The third kappa shape index (κ3) is 3.22. The number of carbonyl (C=O) groups is 3. The van der Waals surface area contributed by atoms with Crippen LogP contribution in [0.4, 0.5) is 10.5 Å². The lowest BCUT2D eigenvalue weighted by Crippen LogP contribution is -2.47. The molecule has 2 aromatic rings. The van der Waals surface area contributed by atoms with E-state index < -0.39 is 28.3 Å². The van der Waals surface area contributed by atoms with Gasteiger partial charge in [0.1, 0.15) is 5.54 Å². The highest BCUT2D eigenvalue weighted by molar-refractivity contribution is 6.09. The van der Waals surface area contributed by atoms with Crippen LogP contribution in [-0.2, 0) is 10.3 Å². The standard InChI is InChI=1S/C18H16N4O5/c1-11-4-3-5-12(10-11)15(23)20-21-16(24)18(2,19-17(21)25)13-6-8-14(9-7-13)22(26)27/h3-10H,1-2H3,(H,19,25)(H,20,23)/t18-/m1/s1. The van der Waals surface area contributed by atoms with Crippen molar-refractivity contribution in [1.29, 1.82) is 0 Å². The van der Waals surface area contributed by atoms with Crippen molar-refractivity contribution in [3.8, 4) is 0 Å². The molecule has 1 heterocycles. The molecule has 0 spiro atoms. The maximum absolute atomic E-state index is 12.8. The number of hydrazine groups is 1. The Labute approximate surface area is 154 Å². The van der Waals surface area contributed by atoms with Crippen LogP contribution in [-0.4, -0.2) is 27.8 Å². The van der Waals surface area contributed by atoms with E-state index in [1.807, 2.05) is 13.0 Å². The highest BCUT2D eigenvalue weighted by Crippen LogP contribution is 2.29. The van der Waals surface area contributed by atoms with Gasteiger partial charge in [0.25, 0.3) is 17.5 Å². The number of non-ortho nitro benzene ring substituents is 1. The normalized spacial score (nSPS) is 19.0. The number of nitrogens with one attached hydrogen (secondary N) is 2. The molecule has 2 aromatic carbocycles. The zero-order valence-corrected chi connectivity index (χ0v) is 14.6. The number of nitro groups is 1. The van der Waals surface area contributed by atoms with E-state index in [9.17, 15) is 24.5 Å². The highest BCUT2D eigenvalue weighted by atomic mass is 16.6. The van der Waals surface area contributed by atoms with Gasteiger partial charge in [-0.3, -0.25) is 25.1 Å². The van der Waals surface area contributed by atoms with E-state index in [2.05, 4.69) is 10.7 Å². The molecule has 9 heteroatoms. The second-order valence-electron chi connectivity index (χ2n) is 6.31. The lowest BCUT2D eigenvalue weighted by molar-refractivity contribution is -0.384. The van der Waals surface area contributed by atoms with E-state index in [4.69, 9.17) is 0 Å². The molecule has 0 aliphatic carbocycles. The summed E-state index contributed by atoms with van der Waals surface area (Å²) in [7, 11) is 0.